The number of nitrogens with zero attached hydrogens (tertiary/aromatic N) is 1. The predicted molar refractivity (Wildman–Crippen MR) is 110 cm³/mol. The van der Waals surface area contributed by atoms with Crippen molar-refractivity contribution in [1.29, 1.82) is 0 Å². The van der Waals surface area contributed by atoms with Crippen molar-refractivity contribution >= 4 is 16.3 Å². The first-order chi connectivity index (χ1) is 14.1. The van der Waals surface area contributed by atoms with Gasteiger partial charge in [0.05, 0.1) is 25.3 Å². The summed E-state index contributed by atoms with van der Waals surface area (Å²) in [5.41, 5.74) is 10.4. The zero-order valence-electron chi connectivity index (χ0n) is 16.4. The minimum Gasteiger partial charge on any atom is -0.493 e. The Morgan fingerprint density at radius 1 is 1.03 bits per heavy atom. The first kappa shape index (κ1) is 17.6. The summed E-state index contributed by atoms with van der Waals surface area (Å²) in [6, 6.07) is 7.47. The highest BCUT2D eigenvalue weighted by Gasteiger charge is 2.32. The number of hydrogen-bond donors (Lipinski definition) is 1. The molecule has 7 nitrogen and oxygen atoms in total. The maximum absolute atomic E-state index is 13.2. The summed E-state index contributed by atoms with van der Waals surface area (Å²) in [5, 5.41) is 1.35. The molecule has 148 valence electrons. The van der Waals surface area contributed by atoms with Gasteiger partial charge < -0.3 is 29.2 Å². The van der Waals surface area contributed by atoms with Gasteiger partial charge in [-0.05, 0) is 35.4 Å². The normalized spacial score (nSPS) is 15.0. The third kappa shape index (κ3) is 2.31. The standard InChI is InChI=1S/C22H20N2O5/c1-24-21-14-8-19-18(28-10-29-19)6-12(14)11(4-5-23)20(21)13-7-16(26-2)17(27-3)9-15(13)22(24)25/h4,6-9H,5,10,23H2,1-3H3/b11-4+. The summed E-state index contributed by atoms with van der Waals surface area (Å²) in [5.74, 6) is 2.43. The molecule has 0 saturated heterocycles. The second kappa shape index (κ2) is 6.28. The van der Waals surface area contributed by atoms with E-state index in [0.717, 1.165) is 33.3 Å². The van der Waals surface area contributed by atoms with Crippen LogP contribution in [0, 0.1) is 0 Å². The Kier molecular flexibility index (Phi) is 3.82. The molecule has 0 radical (unpaired) electrons. The second-order valence-electron chi connectivity index (χ2n) is 6.95. The molecule has 2 aromatic carbocycles. The van der Waals surface area contributed by atoms with Gasteiger partial charge in [0.2, 0.25) is 6.79 Å². The molecule has 7 heteroatoms. The van der Waals surface area contributed by atoms with Gasteiger partial charge in [-0.3, -0.25) is 4.79 Å². The molecule has 2 N–H and O–H groups in total. The fourth-order valence-electron chi connectivity index (χ4n) is 4.25. The van der Waals surface area contributed by atoms with E-state index in [0.29, 0.717) is 34.9 Å². The van der Waals surface area contributed by atoms with Crippen LogP contribution in [-0.2, 0) is 7.05 Å². The Hall–Kier alpha value is -3.45. The van der Waals surface area contributed by atoms with Gasteiger partial charge in [-0.25, -0.2) is 0 Å². The van der Waals surface area contributed by atoms with E-state index >= 15 is 0 Å². The molecule has 0 fully saturated rings. The van der Waals surface area contributed by atoms with Crippen LogP contribution in [0.5, 0.6) is 23.0 Å². The van der Waals surface area contributed by atoms with Crippen LogP contribution in [0.3, 0.4) is 0 Å². The first-order valence-corrected chi connectivity index (χ1v) is 9.22. The molecule has 29 heavy (non-hydrogen) atoms. The van der Waals surface area contributed by atoms with Crippen molar-refractivity contribution < 1.29 is 18.9 Å². The zero-order valence-corrected chi connectivity index (χ0v) is 16.4. The van der Waals surface area contributed by atoms with Gasteiger partial charge in [0.15, 0.2) is 23.0 Å². The number of pyridine rings is 1. The number of rotatable bonds is 3. The van der Waals surface area contributed by atoms with Crippen molar-refractivity contribution in [2.24, 2.45) is 12.8 Å². The molecular formula is C22H20N2O5. The fourth-order valence-corrected chi connectivity index (χ4v) is 4.25. The maximum Gasteiger partial charge on any atom is 0.258 e. The lowest BCUT2D eigenvalue weighted by Gasteiger charge is -2.15. The lowest BCUT2D eigenvalue weighted by Crippen LogP contribution is -2.19. The Balaban J connectivity index is 1.94. The number of ether oxygens (including phenoxy) is 4. The molecule has 2 heterocycles. The van der Waals surface area contributed by atoms with E-state index in [1.165, 1.54) is 0 Å². The van der Waals surface area contributed by atoms with E-state index < -0.39 is 0 Å². The molecule has 0 spiro atoms. The van der Waals surface area contributed by atoms with Gasteiger partial charge in [0.1, 0.15) is 0 Å². The van der Waals surface area contributed by atoms with Crippen LogP contribution in [0.4, 0.5) is 0 Å². The number of fused-ring (bicyclic) bond motifs is 6. The topological polar surface area (TPSA) is 84.9 Å². The summed E-state index contributed by atoms with van der Waals surface area (Å²) < 4.78 is 23.7. The molecule has 1 aliphatic carbocycles. The molecule has 5 rings (SSSR count). The lowest BCUT2D eigenvalue weighted by atomic mass is 9.98. The third-order valence-electron chi connectivity index (χ3n) is 5.55. The minimum absolute atomic E-state index is 0.114. The summed E-state index contributed by atoms with van der Waals surface area (Å²) >= 11 is 0. The number of methoxy groups -OCH3 is 2. The average molecular weight is 392 g/mol. The van der Waals surface area contributed by atoms with E-state index in [4.69, 9.17) is 24.7 Å². The van der Waals surface area contributed by atoms with Crippen LogP contribution in [0.2, 0.25) is 0 Å². The van der Waals surface area contributed by atoms with Gasteiger partial charge >= 0.3 is 0 Å². The predicted octanol–water partition coefficient (Wildman–Crippen LogP) is 2.66. The van der Waals surface area contributed by atoms with Crippen molar-refractivity contribution in [1.82, 2.24) is 4.57 Å². The molecule has 3 aromatic rings. The molecule has 0 atom stereocenters. The zero-order chi connectivity index (χ0) is 20.3. The monoisotopic (exact) mass is 392 g/mol. The summed E-state index contributed by atoms with van der Waals surface area (Å²) in [4.78, 5) is 13.2. The Morgan fingerprint density at radius 2 is 1.66 bits per heavy atom. The minimum atomic E-state index is -0.114. The third-order valence-corrected chi connectivity index (χ3v) is 5.55. The van der Waals surface area contributed by atoms with Crippen molar-refractivity contribution in [3.63, 3.8) is 0 Å². The fraction of sp³-hybridized carbons (Fsp3) is 0.227. The van der Waals surface area contributed by atoms with Crippen molar-refractivity contribution in [3.05, 3.63) is 51.8 Å². The highest BCUT2D eigenvalue weighted by atomic mass is 16.7. The van der Waals surface area contributed by atoms with Crippen LogP contribution >= 0.6 is 0 Å². The van der Waals surface area contributed by atoms with Crippen LogP contribution < -0.4 is 30.2 Å². The summed E-state index contributed by atoms with van der Waals surface area (Å²) in [7, 11) is 4.91. The first-order valence-electron chi connectivity index (χ1n) is 9.22. The van der Waals surface area contributed by atoms with Gasteiger partial charge in [-0.2, -0.15) is 0 Å². The van der Waals surface area contributed by atoms with E-state index in [9.17, 15) is 4.79 Å². The Morgan fingerprint density at radius 3 is 2.28 bits per heavy atom. The largest absolute Gasteiger partial charge is 0.493 e. The highest BCUT2D eigenvalue weighted by Crippen LogP contribution is 2.51. The van der Waals surface area contributed by atoms with Crippen molar-refractivity contribution in [2.45, 2.75) is 0 Å². The number of benzene rings is 2. The smallest absolute Gasteiger partial charge is 0.258 e. The van der Waals surface area contributed by atoms with Crippen molar-refractivity contribution in [3.8, 4) is 34.3 Å². The average Bonchev–Trinajstić information content (AvgIpc) is 3.32. The lowest BCUT2D eigenvalue weighted by molar-refractivity contribution is 0.174. The molecule has 0 bridgehead atoms. The molecule has 2 aliphatic rings. The molecule has 1 aromatic heterocycles. The molecule has 0 unspecified atom stereocenters. The van der Waals surface area contributed by atoms with Gasteiger partial charge in [-0.15, -0.1) is 0 Å². The van der Waals surface area contributed by atoms with Crippen LogP contribution in [0.1, 0.15) is 11.1 Å². The van der Waals surface area contributed by atoms with Crippen molar-refractivity contribution in [2.75, 3.05) is 27.6 Å². The Labute approximate surface area is 166 Å². The van der Waals surface area contributed by atoms with E-state index in [-0.39, 0.29) is 12.4 Å². The van der Waals surface area contributed by atoms with Crippen LogP contribution in [-0.4, -0.2) is 32.1 Å². The second-order valence-corrected chi connectivity index (χ2v) is 6.95. The number of aromatic nitrogens is 1. The molecular weight excluding hydrogens is 372 g/mol. The van der Waals surface area contributed by atoms with Crippen LogP contribution in [0.25, 0.3) is 27.6 Å². The molecule has 0 amide bonds. The number of nitrogens with two attached hydrogens (primary N) is 1. The van der Waals surface area contributed by atoms with Gasteiger partial charge in [0.25, 0.3) is 5.56 Å². The quantitative estimate of drug-likeness (QED) is 0.577. The van der Waals surface area contributed by atoms with E-state index in [1.54, 1.807) is 31.9 Å². The number of hydrogen-bond acceptors (Lipinski definition) is 6. The summed E-state index contributed by atoms with van der Waals surface area (Å²) in [6.45, 7) is 0.551. The van der Waals surface area contributed by atoms with E-state index in [2.05, 4.69) is 0 Å². The van der Waals surface area contributed by atoms with Crippen LogP contribution in [0.15, 0.2) is 35.1 Å². The Bertz CT molecular complexity index is 1270. The SMILES string of the molecule is COc1cc2c3c(n(C)c(=O)c2cc1OC)-c1cc2c(cc1/C3=C\CN)OCO2. The van der Waals surface area contributed by atoms with Gasteiger partial charge in [-0.1, -0.05) is 6.08 Å². The summed E-state index contributed by atoms with van der Waals surface area (Å²) in [6.07, 6.45) is 1.97. The maximum atomic E-state index is 13.2. The van der Waals surface area contributed by atoms with E-state index in [1.807, 2.05) is 24.3 Å². The van der Waals surface area contributed by atoms with Gasteiger partial charge in [0, 0.05) is 30.1 Å². The molecule has 1 aliphatic heterocycles. The molecule has 0 saturated carbocycles. The highest BCUT2D eigenvalue weighted by molar-refractivity contribution is 6.10.